The number of aryl methyl sites for hydroxylation is 1. The van der Waals surface area contributed by atoms with E-state index in [1.165, 1.54) is 49.8 Å². The number of anilines is 1. The van der Waals surface area contributed by atoms with E-state index in [0.29, 0.717) is 12.0 Å². The van der Waals surface area contributed by atoms with Crippen LogP contribution in [0.25, 0.3) is 0 Å². The van der Waals surface area contributed by atoms with E-state index < -0.39 is 0 Å². The first kappa shape index (κ1) is 17.6. The summed E-state index contributed by atoms with van der Waals surface area (Å²) in [7, 11) is 4.13. The third-order valence-electron chi connectivity index (χ3n) is 4.57. The quantitative estimate of drug-likeness (QED) is 0.366. The van der Waals surface area contributed by atoms with Crippen molar-refractivity contribution in [3.05, 3.63) is 29.8 Å². The predicted molar refractivity (Wildman–Crippen MR) is 100 cm³/mol. The Bertz CT molecular complexity index is 471. The maximum absolute atomic E-state index is 6.02. The maximum atomic E-state index is 6.02. The molecule has 1 aliphatic rings. The van der Waals surface area contributed by atoms with Gasteiger partial charge in [0.2, 0.25) is 0 Å². The zero-order valence-corrected chi connectivity index (χ0v) is 14.7. The lowest BCUT2D eigenvalue weighted by Gasteiger charge is -2.16. The van der Waals surface area contributed by atoms with Gasteiger partial charge in [-0.05, 0) is 43.4 Å². The Morgan fingerprint density at radius 3 is 2.39 bits per heavy atom. The highest BCUT2D eigenvalue weighted by Crippen LogP contribution is 2.17. The molecule has 1 aliphatic carbocycles. The molecular weight excluding hydrogens is 284 g/mol. The molecule has 1 saturated carbocycles. The van der Waals surface area contributed by atoms with Gasteiger partial charge in [0.25, 0.3) is 0 Å². The molecule has 0 atom stereocenters. The molecule has 4 heteroatoms. The van der Waals surface area contributed by atoms with Crippen molar-refractivity contribution in [2.75, 3.05) is 25.5 Å². The molecule has 0 aromatic heterocycles. The second-order valence-electron chi connectivity index (χ2n) is 6.76. The van der Waals surface area contributed by atoms with Gasteiger partial charge >= 0.3 is 0 Å². The first-order valence-electron chi connectivity index (χ1n) is 8.98. The van der Waals surface area contributed by atoms with E-state index in [-0.39, 0.29) is 0 Å². The Morgan fingerprint density at radius 1 is 1.13 bits per heavy atom. The van der Waals surface area contributed by atoms with E-state index in [2.05, 4.69) is 53.6 Å². The highest BCUT2D eigenvalue weighted by Gasteiger charge is 2.11. The molecule has 0 aliphatic heterocycles. The Balaban J connectivity index is 1.68. The normalized spacial score (nSPS) is 16.9. The molecule has 0 bridgehead atoms. The van der Waals surface area contributed by atoms with Crippen molar-refractivity contribution in [3.8, 4) is 0 Å². The zero-order valence-electron chi connectivity index (χ0n) is 14.7. The molecule has 1 fully saturated rings. The van der Waals surface area contributed by atoms with Gasteiger partial charge in [-0.1, -0.05) is 37.8 Å². The lowest BCUT2D eigenvalue weighted by Crippen LogP contribution is -2.39. The van der Waals surface area contributed by atoms with E-state index in [1.54, 1.807) is 0 Å². The van der Waals surface area contributed by atoms with E-state index in [0.717, 1.165) is 19.4 Å². The fourth-order valence-electron chi connectivity index (χ4n) is 3.12. The monoisotopic (exact) mass is 316 g/mol. The van der Waals surface area contributed by atoms with E-state index in [4.69, 9.17) is 5.73 Å². The van der Waals surface area contributed by atoms with Crippen molar-refractivity contribution < 1.29 is 0 Å². The van der Waals surface area contributed by atoms with Crippen LogP contribution in [0.2, 0.25) is 0 Å². The number of nitrogens with zero attached hydrogens (tertiary/aromatic N) is 2. The van der Waals surface area contributed by atoms with E-state index in [9.17, 15) is 0 Å². The van der Waals surface area contributed by atoms with Crippen LogP contribution in [0, 0.1) is 0 Å². The molecule has 1 aromatic carbocycles. The van der Waals surface area contributed by atoms with Crippen LogP contribution in [0.4, 0.5) is 5.69 Å². The summed E-state index contributed by atoms with van der Waals surface area (Å²) < 4.78 is 0. The second kappa shape index (κ2) is 9.43. The van der Waals surface area contributed by atoms with Crippen LogP contribution in [0.15, 0.2) is 29.3 Å². The van der Waals surface area contributed by atoms with Crippen LogP contribution in [0.5, 0.6) is 0 Å². The first-order chi connectivity index (χ1) is 11.1. The van der Waals surface area contributed by atoms with Crippen molar-refractivity contribution in [3.63, 3.8) is 0 Å². The van der Waals surface area contributed by atoms with Crippen LogP contribution in [-0.2, 0) is 6.42 Å². The maximum Gasteiger partial charge on any atom is 0.188 e. The van der Waals surface area contributed by atoms with Crippen molar-refractivity contribution in [2.24, 2.45) is 10.7 Å². The van der Waals surface area contributed by atoms with Gasteiger partial charge in [-0.2, -0.15) is 0 Å². The average molecular weight is 316 g/mol. The highest BCUT2D eigenvalue weighted by atomic mass is 15.1. The molecule has 2 rings (SSSR count). The molecule has 0 spiro atoms. The van der Waals surface area contributed by atoms with Crippen LogP contribution in [0.3, 0.4) is 0 Å². The molecule has 4 nitrogen and oxygen atoms in total. The third-order valence-corrected chi connectivity index (χ3v) is 4.57. The van der Waals surface area contributed by atoms with Crippen molar-refractivity contribution in [1.82, 2.24) is 5.32 Å². The van der Waals surface area contributed by atoms with Crippen LogP contribution in [0.1, 0.15) is 50.5 Å². The topological polar surface area (TPSA) is 53.6 Å². The minimum Gasteiger partial charge on any atom is -0.378 e. The third kappa shape index (κ3) is 6.51. The Kier molecular flexibility index (Phi) is 7.24. The molecular formula is C19H32N4. The van der Waals surface area contributed by atoms with E-state index in [1.807, 2.05) is 0 Å². The molecule has 3 N–H and O–H groups in total. The van der Waals surface area contributed by atoms with Gasteiger partial charge < -0.3 is 16.0 Å². The summed E-state index contributed by atoms with van der Waals surface area (Å²) >= 11 is 0. The summed E-state index contributed by atoms with van der Waals surface area (Å²) in [5.41, 5.74) is 8.62. The SMILES string of the molecule is CN(C)c1ccc(CCCN=C(N)NC2CCCCCC2)cc1. The van der Waals surface area contributed by atoms with Crippen molar-refractivity contribution in [1.29, 1.82) is 0 Å². The van der Waals surface area contributed by atoms with Gasteiger partial charge in [-0.15, -0.1) is 0 Å². The van der Waals surface area contributed by atoms with Crippen LogP contribution < -0.4 is 16.0 Å². The minimum absolute atomic E-state index is 0.528. The number of hydrogen-bond donors (Lipinski definition) is 2. The molecule has 128 valence electrons. The Hall–Kier alpha value is -1.71. The van der Waals surface area contributed by atoms with Crippen LogP contribution >= 0.6 is 0 Å². The molecule has 0 amide bonds. The van der Waals surface area contributed by atoms with Gasteiger partial charge in [0.05, 0.1) is 0 Å². The lowest BCUT2D eigenvalue weighted by atomic mass is 10.1. The summed E-state index contributed by atoms with van der Waals surface area (Å²) in [4.78, 5) is 6.60. The summed E-state index contributed by atoms with van der Waals surface area (Å²) in [6.07, 6.45) is 9.90. The largest absolute Gasteiger partial charge is 0.378 e. The van der Waals surface area contributed by atoms with E-state index >= 15 is 0 Å². The Morgan fingerprint density at radius 2 is 1.78 bits per heavy atom. The fraction of sp³-hybridized carbons (Fsp3) is 0.632. The van der Waals surface area contributed by atoms with Gasteiger partial charge in [-0.3, -0.25) is 4.99 Å². The molecule has 1 aromatic rings. The zero-order chi connectivity index (χ0) is 16.5. The first-order valence-corrected chi connectivity index (χ1v) is 8.98. The van der Waals surface area contributed by atoms with Gasteiger partial charge in [0, 0.05) is 32.4 Å². The lowest BCUT2D eigenvalue weighted by molar-refractivity contribution is 0.530. The number of benzene rings is 1. The summed E-state index contributed by atoms with van der Waals surface area (Å²) in [6.45, 7) is 0.793. The summed E-state index contributed by atoms with van der Waals surface area (Å²) in [5.74, 6) is 0.625. The second-order valence-corrected chi connectivity index (χ2v) is 6.76. The molecule has 0 unspecified atom stereocenters. The Labute approximate surface area is 141 Å². The summed E-state index contributed by atoms with van der Waals surface area (Å²) in [6, 6.07) is 9.26. The smallest absolute Gasteiger partial charge is 0.188 e. The predicted octanol–water partition coefficient (Wildman–Crippen LogP) is 3.31. The fourth-order valence-corrected chi connectivity index (χ4v) is 3.12. The van der Waals surface area contributed by atoms with Crippen LogP contribution in [-0.4, -0.2) is 32.6 Å². The average Bonchev–Trinajstić information content (AvgIpc) is 2.80. The van der Waals surface area contributed by atoms with Gasteiger partial charge in [-0.25, -0.2) is 0 Å². The minimum atomic E-state index is 0.528. The number of guanidine groups is 1. The van der Waals surface area contributed by atoms with Crippen molar-refractivity contribution in [2.45, 2.75) is 57.4 Å². The number of rotatable bonds is 6. The molecule has 23 heavy (non-hydrogen) atoms. The number of nitrogens with one attached hydrogen (secondary N) is 1. The molecule has 0 saturated heterocycles. The van der Waals surface area contributed by atoms with Crippen molar-refractivity contribution >= 4 is 11.6 Å². The number of nitrogens with two attached hydrogens (primary N) is 1. The van der Waals surface area contributed by atoms with Gasteiger partial charge in [0.15, 0.2) is 5.96 Å². The molecule has 0 radical (unpaired) electrons. The number of aliphatic imine (C=N–C) groups is 1. The molecule has 0 heterocycles. The standard InChI is InChI=1S/C19H32N4/c1-23(2)18-13-11-16(12-14-18)8-7-15-21-19(20)22-17-9-5-3-4-6-10-17/h11-14,17H,3-10,15H2,1-2H3,(H3,20,21,22). The number of hydrogen-bond acceptors (Lipinski definition) is 2. The summed E-state index contributed by atoms with van der Waals surface area (Å²) in [5, 5.41) is 3.40. The highest BCUT2D eigenvalue weighted by molar-refractivity contribution is 5.78. The van der Waals surface area contributed by atoms with Gasteiger partial charge in [0.1, 0.15) is 0 Å².